The van der Waals surface area contributed by atoms with E-state index in [4.69, 9.17) is 5.11 Å². The fraction of sp³-hybridized carbons (Fsp3) is 0. The van der Waals surface area contributed by atoms with Gasteiger partial charge in [0, 0.05) is 12.4 Å². The standard InChI is InChI=1S/C12H8N2O4/c15-12(16)10-3-1-2-9(11(10)14(17)18)8-4-6-13-7-5-8/h1-7H,(H,15,16). The molecule has 0 amide bonds. The minimum atomic E-state index is -1.32. The summed E-state index contributed by atoms with van der Waals surface area (Å²) in [4.78, 5) is 25.2. The highest BCUT2D eigenvalue weighted by Gasteiger charge is 2.24. The Morgan fingerprint density at radius 2 is 1.89 bits per heavy atom. The van der Waals surface area contributed by atoms with Gasteiger partial charge in [0.25, 0.3) is 5.69 Å². The first kappa shape index (κ1) is 11.7. The highest BCUT2D eigenvalue weighted by atomic mass is 16.6. The number of pyridine rings is 1. The van der Waals surface area contributed by atoms with Crippen molar-refractivity contribution >= 4 is 11.7 Å². The number of hydrogen-bond donors (Lipinski definition) is 1. The van der Waals surface area contributed by atoms with Gasteiger partial charge in [-0.2, -0.15) is 0 Å². The Morgan fingerprint density at radius 1 is 1.22 bits per heavy atom. The first-order chi connectivity index (χ1) is 8.61. The molecule has 18 heavy (non-hydrogen) atoms. The van der Waals surface area contributed by atoms with Gasteiger partial charge in [0.1, 0.15) is 5.56 Å². The number of hydrogen-bond acceptors (Lipinski definition) is 4. The Hall–Kier alpha value is -2.76. The van der Waals surface area contributed by atoms with Gasteiger partial charge in [-0.3, -0.25) is 15.1 Å². The van der Waals surface area contributed by atoms with Crippen LogP contribution in [0.3, 0.4) is 0 Å². The number of nitrogens with zero attached hydrogens (tertiary/aromatic N) is 2. The largest absolute Gasteiger partial charge is 0.477 e. The molecule has 0 fully saturated rings. The average molecular weight is 244 g/mol. The third-order valence-electron chi connectivity index (χ3n) is 2.44. The maximum atomic E-state index is 11.0. The van der Waals surface area contributed by atoms with Crippen LogP contribution in [0.2, 0.25) is 0 Å². The highest BCUT2D eigenvalue weighted by Crippen LogP contribution is 2.32. The smallest absolute Gasteiger partial charge is 0.342 e. The van der Waals surface area contributed by atoms with E-state index in [-0.39, 0.29) is 11.1 Å². The summed E-state index contributed by atoms with van der Waals surface area (Å²) in [7, 11) is 0. The fourth-order valence-electron chi connectivity index (χ4n) is 1.68. The second kappa shape index (κ2) is 4.62. The predicted molar refractivity (Wildman–Crippen MR) is 63.3 cm³/mol. The summed E-state index contributed by atoms with van der Waals surface area (Å²) in [5.41, 5.74) is 0.0904. The lowest BCUT2D eigenvalue weighted by Crippen LogP contribution is -2.04. The molecule has 0 aliphatic heterocycles. The third kappa shape index (κ3) is 2.03. The maximum absolute atomic E-state index is 11.0. The van der Waals surface area contributed by atoms with E-state index < -0.39 is 16.6 Å². The van der Waals surface area contributed by atoms with Gasteiger partial charge in [0.05, 0.1) is 10.5 Å². The average Bonchev–Trinajstić information content (AvgIpc) is 2.38. The van der Waals surface area contributed by atoms with Crippen molar-refractivity contribution in [2.75, 3.05) is 0 Å². The van der Waals surface area contributed by atoms with Gasteiger partial charge in [-0.1, -0.05) is 6.07 Å². The zero-order valence-corrected chi connectivity index (χ0v) is 9.11. The second-order valence-corrected chi connectivity index (χ2v) is 3.50. The van der Waals surface area contributed by atoms with Crippen LogP contribution in [0.25, 0.3) is 11.1 Å². The summed E-state index contributed by atoms with van der Waals surface area (Å²) in [5.74, 6) is -1.32. The lowest BCUT2D eigenvalue weighted by atomic mass is 10.0. The Kier molecular flexibility index (Phi) is 3.01. The number of carboxylic acids is 1. The van der Waals surface area contributed by atoms with Crippen molar-refractivity contribution < 1.29 is 14.8 Å². The molecule has 0 aliphatic rings. The van der Waals surface area contributed by atoms with Gasteiger partial charge in [0.15, 0.2) is 0 Å². The molecular weight excluding hydrogens is 236 g/mol. The van der Waals surface area contributed by atoms with E-state index in [1.165, 1.54) is 30.6 Å². The predicted octanol–water partition coefficient (Wildman–Crippen LogP) is 2.36. The topological polar surface area (TPSA) is 93.3 Å². The molecule has 0 saturated carbocycles. The van der Waals surface area contributed by atoms with E-state index in [1.807, 2.05) is 0 Å². The fourth-order valence-corrected chi connectivity index (χ4v) is 1.68. The summed E-state index contributed by atoms with van der Waals surface area (Å²) in [6.45, 7) is 0. The van der Waals surface area contributed by atoms with Crippen molar-refractivity contribution in [3.63, 3.8) is 0 Å². The molecule has 0 atom stereocenters. The number of carboxylic acid groups (broad SMARTS) is 1. The molecule has 6 nitrogen and oxygen atoms in total. The Balaban J connectivity index is 2.72. The van der Waals surface area contributed by atoms with Gasteiger partial charge >= 0.3 is 5.97 Å². The number of para-hydroxylation sites is 1. The minimum absolute atomic E-state index is 0.266. The minimum Gasteiger partial charge on any atom is -0.477 e. The first-order valence-corrected chi connectivity index (χ1v) is 5.02. The van der Waals surface area contributed by atoms with Crippen molar-refractivity contribution in [2.45, 2.75) is 0 Å². The number of rotatable bonds is 3. The van der Waals surface area contributed by atoms with Gasteiger partial charge in [0.2, 0.25) is 0 Å². The normalized spacial score (nSPS) is 10.0. The van der Waals surface area contributed by atoms with E-state index >= 15 is 0 Å². The quantitative estimate of drug-likeness (QED) is 0.660. The molecule has 6 heteroatoms. The van der Waals surface area contributed by atoms with Gasteiger partial charge in [-0.25, -0.2) is 4.79 Å². The van der Waals surface area contributed by atoms with E-state index in [0.717, 1.165) is 0 Å². The number of nitro benzene ring substituents is 1. The van der Waals surface area contributed by atoms with Crippen molar-refractivity contribution in [3.8, 4) is 11.1 Å². The maximum Gasteiger partial charge on any atom is 0.342 e. The monoisotopic (exact) mass is 244 g/mol. The van der Waals surface area contributed by atoms with Gasteiger partial charge in [-0.05, 0) is 29.8 Å². The van der Waals surface area contributed by atoms with Crippen LogP contribution >= 0.6 is 0 Å². The molecule has 1 aromatic heterocycles. The molecule has 0 radical (unpaired) electrons. The van der Waals surface area contributed by atoms with E-state index in [0.29, 0.717) is 5.56 Å². The lowest BCUT2D eigenvalue weighted by Gasteiger charge is -2.05. The van der Waals surface area contributed by atoms with Crippen LogP contribution in [-0.4, -0.2) is 21.0 Å². The van der Waals surface area contributed by atoms with Crippen molar-refractivity contribution in [2.24, 2.45) is 0 Å². The summed E-state index contributed by atoms with van der Waals surface area (Å²) in [6, 6.07) is 7.39. The van der Waals surface area contributed by atoms with E-state index in [9.17, 15) is 14.9 Å². The van der Waals surface area contributed by atoms with Gasteiger partial charge in [-0.15, -0.1) is 0 Å². The second-order valence-electron chi connectivity index (χ2n) is 3.50. The van der Waals surface area contributed by atoms with Crippen LogP contribution in [0.1, 0.15) is 10.4 Å². The van der Waals surface area contributed by atoms with Crippen molar-refractivity contribution in [1.29, 1.82) is 0 Å². The van der Waals surface area contributed by atoms with Crippen LogP contribution in [0.5, 0.6) is 0 Å². The summed E-state index contributed by atoms with van der Waals surface area (Å²) >= 11 is 0. The summed E-state index contributed by atoms with van der Waals surface area (Å²) < 4.78 is 0. The molecule has 1 N–H and O–H groups in total. The molecule has 2 aromatic rings. The summed E-state index contributed by atoms with van der Waals surface area (Å²) in [6.07, 6.45) is 2.99. The summed E-state index contributed by atoms with van der Waals surface area (Å²) in [5, 5.41) is 20.0. The first-order valence-electron chi connectivity index (χ1n) is 5.02. The zero-order valence-electron chi connectivity index (χ0n) is 9.11. The zero-order chi connectivity index (χ0) is 13.1. The molecule has 2 rings (SSSR count). The number of carbonyl (C=O) groups is 1. The molecule has 1 aromatic carbocycles. The molecular formula is C12H8N2O4. The van der Waals surface area contributed by atoms with Crippen LogP contribution in [0, 0.1) is 10.1 Å². The molecule has 0 aliphatic carbocycles. The Morgan fingerprint density at radius 3 is 2.44 bits per heavy atom. The van der Waals surface area contributed by atoms with E-state index in [2.05, 4.69) is 4.98 Å². The Labute approximate surface area is 102 Å². The van der Waals surface area contributed by atoms with Crippen LogP contribution in [0.4, 0.5) is 5.69 Å². The SMILES string of the molecule is O=C(O)c1cccc(-c2ccncc2)c1[N+](=O)[O-]. The number of benzene rings is 1. The highest BCUT2D eigenvalue weighted by molar-refractivity contribution is 5.96. The van der Waals surface area contributed by atoms with Crippen LogP contribution < -0.4 is 0 Å². The molecule has 0 bridgehead atoms. The van der Waals surface area contributed by atoms with E-state index in [1.54, 1.807) is 12.1 Å². The van der Waals surface area contributed by atoms with Crippen LogP contribution in [-0.2, 0) is 0 Å². The molecule has 0 spiro atoms. The van der Waals surface area contributed by atoms with Crippen molar-refractivity contribution in [1.82, 2.24) is 4.98 Å². The molecule has 1 heterocycles. The number of nitro groups is 1. The third-order valence-corrected chi connectivity index (χ3v) is 2.44. The Bertz CT molecular complexity index is 611. The van der Waals surface area contributed by atoms with Crippen molar-refractivity contribution in [3.05, 3.63) is 58.4 Å². The van der Waals surface area contributed by atoms with Gasteiger partial charge < -0.3 is 5.11 Å². The lowest BCUT2D eigenvalue weighted by molar-refractivity contribution is -0.384. The van der Waals surface area contributed by atoms with Crippen LogP contribution in [0.15, 0.2) is 42.7 Å². The molecule has 90 valence electrons. The number of aromatic nitrogens is 1. The molecule has 0 unspecified atom stereocenters. The molecule has 0 saturated heterocycles. The number of aromatic carboxylic acids is 1.